The lowest BCUT2D eigenvalue weighted by molar-refractivity contribution is -0.132. The average Bonchev–Trinajstić information content (AvgIpc) is 2.66. The smallest absolute Gasteiger partial charge is 0.222 e. The van der Waals surface area contributed by atoms with Crippen molar-refractivity contribution < 1.29 is 4.79 Å². The molecule has 0 saturated heterocycles. The van der Waals surface area contributed by atoms with E-state index in [2.05, 4.69) is 18.8 Å². The zero-order chi connectivity index (χ0) is 19.4. The van der Waals surface area contributed by atoms with E-state index < -0.39 is 0 Å². The number of aromatic nitrogens is 3. The molecule has 0 bridgehead atoms. The molecule has 6 nitrogen and oxygen atoms in total. The van der Waals surface area contributed by atoms with E-state index in [1.807, 2.05) is 36.0 Å². The molecule has 0 radical (unpaired) electrons. The summed E-state index contributed by atoms with van der Waals surface area (Å²) in [7, 11) is 4.00. The summed E-state index contributed by atoms with van der Waals surface area (Å²) in [5.41, 5.74) is 3.06. The first-order chi connectivity index (χ1) is 13.0. The van der Waals surface area contributed by atoms with Crippen molar-refractivity contribution in [3.05, 3.63) is 35.8 Å². The van der Waals surface area contributed by atoms with Gasteiger partial charge in [0, 0.05) is 50.6 Å². The maximum Gasteiger partial charge on any atom is 0.222 e. The van der Waals surface area contributed by atoms with Crippen LogP contribution in [-0.2, 0) is 17.8 Å². The molecular weight excluding hydrogens is 338 g/mol. The second-order valence-corrected chi connectivity index (χ2v) is 7.78. The van der Waals surface area contributed by atoms with Crippen LogP contribution in [-0.4, -0.2) is 46.4 Å². The first-order valence-corrected chi connectivity index (χ1v) is 9.71. The number of fused-ring (bicyclic) bond motifs is 1. The minimum atomic E-state index is 0.233. The van der Waals surface area contributed by atoms with Crippen LogP contribution in [0.3, 0.4) is 0 Å². The Morgan fingerprint density at radius 1 is 1.22 bits per heavy atom. The third-order valence-corrected chi connectivity index (χ3v) is 4.93. The fraction of sp³-hybridized carbons (Fsp3) is 0.524. The summed E-state index contributed by atoms with van der Waals surface area (Å²) in [4.78, 5) is 30.3. The molecule has 1 aliphatic heterocycles. The molecule has 3 heterocycles. The van der Waals surface area contributed by atoms with Crippen LogP contribution in [0.5, 0.6) is 0 Å². The Labute approximate surface area is 161 Å². The first kappa shape index (κ1) is 19.3. The zero-order valence-corrected chi connectivity index (χ0v) is 16.8. The third kappa shape index (κ3) is 4.62. The van der Waals surface area contributed by atoms with Crippen molar-refractivity contribution in [3.63, 3.8) is 0 Å². The highest BCUT2D eigenvalue weighted by molar-refractivity contribution is 5.76. The molecule has 0 spiro atoms. The molecule has 144 valence electrons. The van der Waals surface area contributed by atoms with Gasteiger partial charge in [-0.3, -0.25) is 9.78 Å². The van der Waals surface area contributed by atoms with Crippen molar-refractivity contribution >= 4 is 11.7 Å². The quantitative estimate of drug-likeness (QED) is 0.784. The van der Waals surface area contributed by atoms with Crippen molar-refractivity contribution in [1.29, 1.82) is 0 Å². The molecule has 0 aliphatic carbocycles. The van der Waals surface area contributed by atoms with E-state index in [1.54, 1.807) is 12.4 Å². The predicted molar refractivity (Wildman–Crippen MR) is 107 cm³/mol. The van der Waals surface area contributed by atoms with Gasteiger partial charge >= 0.3 is 0 Å². The molecule has 27 heavy (non-hydrogen) atoms. The second-order valence-electron chi connectivity index (χ2n) is 7.78. The second kappa shape index (κ2) is 8.46. The monoisotopic (exact) mass is 367 g/mol. The molecule has 0 atom stereocenters. The summed E-state index contributed by atoms with van der Waals surface area (Å²) < 4.78 is 0. The number of nitrogens with zero attached hydrogens (tertiary/aromatic N) is 5. The Balaban J connectivity index is 1.84. The minimum Gasteiger partial charge on any atom is -0.362 e. The number of anilines is 1. The fourth-order valence-electron chi connectivity index (χ4n) is 3.44. The van der Waals surface area contributed by atoms with Gasteiger partial charge in [-0.15, -0.1) is 0 Å². The molecule has 0 N–H and O–H groups in total. The average molecular weight is 367 g/mol. The number of hydrogen-bond acceptors (Lipinski definition) is 5. The summed E-state index contributed by atoms with van der Waals surface area (Å²) in [6.45, 7) is 5.70. The van der Waals surface area contributed by atoms with E-state index in [9.17, 15) is 4.79 Å². The Kier molecular flexibility index (Phi) is 6.04. The molecule has 1 aliphatic rings. The lowest BCUT2D eigenvalue weighted by Gasteiger charge is -2.31. The molecule has 2 aromatic rings. The maximum atomic E-state index is 12.6. The summed E-state index contributed by atoms with van der Waals surface area (Å²) in [6, 6.07) is 3.83. The highest BCUT2D eigenvalue weighted by atomic mass is 16.2. The zero-order valence-electron chi connectivity index (χ0n) is 16.8. The van der Waals surface area contributed by atoms with E-state index in [0.29, 0.717) is 24.7 Å². The number of rotatable bonds is 6. The molecule has 0 saturated carbocycles. The van der Waals surface area contributed by atoms with Gasteiger partial charge in [-0.25, -0.2) is 9.97 Å². The maximum absolute atomic E-state index is 12.6. The van der Waals surface area contributed by atoms with Gasteiger partial charge in [-0.05, 0) is 30.9 Å². The number of pyridine rings is 1. The highest BCUT2D eigenvalue weighted by Crippen LogP contribution is 2.28. The van der Waals surface area contributed by atoms with Crippen LogP contribution in [0.15, 0.2) is 24.5 Å². The van der Waals surface area contributed by atoms with Crippen LogP contribution in [0, 0.1) is 5.92 Å². The topological polar surface area (TPSA) is 62.2 Å². The van der Waals surface area contributed by atoms with Gasteiger partial charge in [0.2, 0.25) is 5.91 Å². The lowest BCUT2D eigenvalue weighted by atomic mass is 10.0. The third-order valence-electron chi connectivity index (χ3n) is 4.93. The van der Waals surface area contributed by atoms with Crippen LogP contribution < -0.4 is 4.90 Å². The first-order valence-electron chi connectivity index (χ1n) is 9.71. The number of carbonyl (C=O) groups excluding carboxylic acids is 1. The van der Waals surface area contributed by atoms with Crippen LogP contribution in [0.1, 0.15) is 44.4 Å². The SMILES string of the molecule is CC(C)CCCC(=O)N1CCc2c(nc(-c3ccncc3)nc2N(C)C)C1. The molecule has 2 aromatic heterocycles. The van der Waals surface area contributed by atoms with Gasteiger partial charge in [0.1, 0.15) is 5.82 Å². The highest BCUT2D eigenvalue weighted by Gasteiger charge is 2.26. The van der Waals surface area contributed by atoms with E-state index in [1.165, 1.54) is 0 Å². The molecule has 3 rings (SSSR count). The molecular formula is C21H29N5O. The van der Waals surface area contributed by atoms with E-state index >= 15 is 0 Å². The summed E-state index contributed by atoms with van der Waals surface area (Å²) >= 11 is 0. The van der Waals surface area contributed by atoms with E-state index in [-0.39, 0.29) is 5.91 Å². The Bertz CT molecular complexity index is 789. The van der Waals surface area contributed by atoms with Crippen LogP contribution in [0.25, 0.3) is 11.4 Å². The number of carbonyl (C=O) groups is 1. The standard InChI is InChI=1S/C21H29N5O/c1-15(2)6-5-7-19(27)26-13-10-17-18(14-26)23-20(24-21(17)25(3)4)16-8-11-22-12-9-16/h8-9,11-12,15H,5-7,10,13-14H2,1-4H3. The van der Waals surface area contributed by atoms with Gasteiger partial charge in [0.15, 0.2) is 5.82 Å². The summed E-state index contributed by atoms with van der Waals surface area (Å²) in [5.74, 6) is 2.50. The Morgan fingerprint density at radius 2 is 1.96 bits per heavy atom. The normalized spacial score (nSPS) is 13.6. The van der Waals surface area contributed by atoms with Crippen molar-refractivity contribution in [1.82, 2.24) is 19.9 Å². The largest absolute Gasteiger partial charge is 0.362 e. The fourth-order valence-corrected chi connectivity index (χ4v) is 3.44. The van der Waals surface area contributed by atoms with Crippen molar-refractivity contribution in [2.24, 2.45) is 5.92 Å². The summed E-state index contributed by atoms with van der Waals surface area (Å²) in [5, 5.41) is 0. The van der Waals surface area contributed by atoms with Gasteiger partial charge in [0.25, 0.3) is 0 Å². The van der Waals surface area contributed by atoms with Crippen LogP contribution in [0.2, 0.25) is 0 Å². The molecule has 6 heteroatoms. The molecule has 0 aromatic carbocycles. The van der Waals surface area contributed by atoms with Gasteiger partial charge < -0.3 is 9.80 Å². The van der Waals surface area contributed by atoms with Gasteiger partial charge in [-0.1, -0.05) is 20.3 Å². The van der Waals surface area contributed by atoms with Gasteiger partial charge in [0.05, 0.1) is 12.2 Å². The minimum absolute atomic E-state index is 0.233. The van der Waals surface area contributed by atoms with E-state index in [4.69, 9.17) is 9.97 Å². The Hall–Kier alpha value is -2.50. The molecule has 0 unspecified atom stereocenters. The molecule has 0 fully saturated rings. The van der Waals surface area contributed by atoms with Crippen molar-refractivity contribution in [2.75, 3.05) is 25.5 Å². The van der Waals surface area contributed by atoms with E-state index in [0.717, 1.165) is 48.4 Å². The Morgan fingerprint density at radius 3 is 2.63 bits per heavy atom. The van der Waals surface area contributed by atoms with Gasteiger partial charge in [-0.2, -0.15) is 0 Å². The predicted octanol–water partition coefficient (Wildman–Crippen LogP) is 3.32. The van der Waals surface area contributed by atoms with Crippen LogP contribution in [0.4, 0.5) is 5.82 Å². The molecule has 1 amide bonds. The van der Waals surface area contributed by atoms with Crippen LogP contribution >= 0.6 is 0 Å². The lowest BCUT2D eigenvalue weighted by Crippen LogP contribution is -2.37. The van der Waals surface area contributed by atoms with Crippen molar-refractivity contribution in [3.8, 4) is 11.4 Å². The number of hydrogen-bond donors (Lipinski definition) is 0. The summed E-state index contributed by atoms with van der Waals surface area (Å²) in [6.07, 6.45) is 6.96. The van der Waals surface area contributed by atoms with Crippen molar-refractivity contribution in [2.45, 2.75) is 46.1 Å². The number of amides is 1.